The van der Waals surface area contributed by atoms with Crippen molar-refractivity contribution in [1.82, 2.24) is 14.6 Å². The van der Waals surface area contributed by atoms with E-state index in [1.807, 2.05) is 13.8 Å². The highest BCUT2D eigenvalue weighted by Crippen LogP contribution is 2.36. The summed E-state index contributed by atoms with van der Waals surface area (Å²) >= 11 is 6.37. The number of nitrogens with zero attached hydrogens (tertiary/aromatic N) is 3. The number of rotatable bonds is 5. The second-order valence-electron chi connectivity index (χ2n) is 8.49. The number of ether oxygens (including phenoxy) is 1. The van der Waals surface area contributed by atoms with Crippen molar-refractivity contribution in [2.45, 2.75) is 32.9 Å². The van der Waals surface area contributed by atoms with Gasteiger partial charge in [-0.25, -0.2) is 9.50 Å². The lowest BCUT2D eigenvalue weighted by atomic mass is 9.99. The number of carbonyl (C=O) groups is 1. The first-order valence-electron chi connectivity index (χ1n) is 10.9. The average molecular weight is 519 g/mol. The fourth-order valence-electron chi connectivity index (χ4n) is 3.76. The fourth-order valence-corrected chi connectivity index (χ4v) is 4.00. The molecule has 0 unspecified atom stereocenters. The zero-order valence-corrected chi connectivity index (χ0v) is 20.5. The summed E-state index contributed by atoms with van der Waals surface area (Å²) in [6.07, 6.45) is -4.81. The van der Waals surface area contributed by atoms with Gasteiger partial charge in [-0.1, -0.05) is 37.6 Å². The number of methoxy groups -OCH3 is 1. The van der Waals surface area contributed by atoms with Gasteiger partial charge < -0.3 is 15.2 Å². The van der Waals surface area contributed by atoms with E-state index in [0.717, 1.165) is 6.07 Å². The number of phenolic OH excluding ortho intramolecular Hbond substituents is 1. The van der Waals surface area contributed by atoms with E-state index in [9.17, 15) is 23.1 Å². The third-order valence-electron chi connectivity index (χ3n) is 5.65. The summed E-state index contributed by atoms with van der Waals surface area (Å²) in [5.41, 5.74) is -0.00819. The van der Waals surface area contributed by atoms with Gasteiger partial charge in [0.1, 0.15) is 16.5 Å². The molecule has 1 amide bonds. The van der Waals surface area contributed by atoms with Gasteiger partial charge in [0.15, 0.2) is 17.0 Å². The second kappa shape index (κ2) is 9.34. The van der Waals surface area contributed by atoms with Crippen molar-refractivity contribution in [2.24, 2.45) is 0 Å². The Labute approximate surface area is 209 Å². The number of nitrogens with one attached hydrogen (secondary N) is 1. The van der Waals surface area contributed by atoms with Crippen LogP contribution in [0.2, 0.25) is 5.02 Å². The van der Waals surface area contributed by atoms with E-state index in [-0.39, 0.29) is 28.0 Å². The number of hydrogen-bond donors (Lipinski definition) is 2. The van der Waals surface area contributed by atoms with Gasteiger partial charge in [0.25, 0.3) is 5.91 Å². The number of aromatic nitrogens is 3. The van der Waals surface area contributed by atoms with Gasteiger partial charge >= 0.3 is 6.18 Å². The lowest BCUT2D eigenvalue weighted by Crippen LogP contribution is -2.16. The van der Waals surface area contributed by atoms with Gasteiger partial charge in [0.05, 0.1) is 12.8 Å². The Balaban J connectivity index is 1.83. The van der Waals surface area contributed by atoms with Crippen LogP contribution in [0.1, 0.15) is 47.1 Å². The van der Waals surface area contributed by atoms with Crippen LogP contribution in [0.5, 0.6) is 11.5 Å². The molecule has 0 aliphatic rings. The first-order valence-corrected chi connectivity index (χ1v) is 11.2. The first kappa shape index (κ1) is 25.3. The van der Waals surface area contributed by atoms with Crippen LogP contribution in [-0.2, 0) is 6.18 Å². The third kappa shape index (κ3) is 4.68. The number of benzene rings is 2. The molecular weight excluding hydrogens is 497 g/mol. The Morgan fingerprint density at radius 1 is 1.19 bits per heavy atom. The molecule has 0 fully saturated rings. The van der Waals surface area contributed by atoms with Gasteiger partial charge in [-0.05, 0) is 54.3 Å². The molecule has 0 aliphatic carbocycles. The number of halogens is 4. The van der Waals surface area contributed by atoms with Crippen molar-refractivity contribution in [3.63, 3.8) is 0 Å². The fraction of sp³-hybridized carbons (Fsp3) is 0.240. The maximum Gasteiger partial charge on any atom is 0.433 e. The van der Waals surface area contributed by atoms with Crippen LogP contribution in [0.3, 0.4) is 0 Å². The molecule has 188 valence electrons. The topological polar surface area (TPSA) is 88.8 Å². The van der Waals surface area contributed by atoms with E-state index >= 15 is 0 Å². The molecule has 0 atom stereocenters. The Morgan fingerprint density at radius 2 is 1.92 bits per heavy atom. The molecule has 11 heteroatoms. The summed E-state index contributed by atoms with van der Waals surface area (Å²) in [5.74, 6) is -0.332. The smallest absolute Gasteiger partial charge is 0.433 e. The van der Waals surface area contributed by atoms with Crippen LogP contribution in [0.4, 0.5) is 18.9 Å². The second-order valence-corrected chi connectivity index (χ2v) is 8.87. The van der Waals surface area contributed by atoms with Gasteiger partial charge in [0, 0.05) is 11.3 Å². The molecule has 2 heterocycles. The standard InChI is InChI=1S/C25H22ClF3N4O3/c1-12(2)16-10-17(13(3)8-19(16)34)31-24(35)22-21(26)23-30-18(14-6-5-7-15(9-14)36-4)11-20(25(27,28)29)33(23)32-22/h5-12,34H,1-4H3,(H,31,35). The van der Waals surface area contributed by atoms with Gasteiger partial charge in [-0.3, -0.25) is 4.79 Å². The Bertz CT molecular complexity index is 1480. The van der Waals surface area contributed by atoms with Crippen molar-refractivity contribution >= 4 is 28.8 Å². The number of phenols is 1. The van der Waals surface area contributed by atoms with Crippen molar-refractivity contribution in [3.05, 3.63) is 70.0 Å². The largest absolute Gasteiger partial charge is 0.508 e. The minimum atomic E-state index is -4.81. The summed E-state index contributed by atoms with van der Waals surface area (Å²) in [4.78, 5) is 17.3. The molecule has 0 radical (unpaired) electrons. The number of aryl methyl sites for hydroxylation is 1. The molecule has 2 N–H and O–H groups in total. The van der Waals surface area contributed by atoms with Crippen LogP contribution < -0.4 is 10.1 Å². The minimum absolute atomic E-state index is 0.0153. The first-order chi connectivity index (χ1) is 16.9. The summed E-state index contributed by atoms with van der Waals surface area (Å²) in [5, 5.41) is 16.3. The van der Waals surface area contributed by atoms with Crippen LogP contribution in [0, 0.1) is 6.92 Å². The number of alkyl halides is 3. The van der Waals surface area contributed by atoms with E-state index < -0.39 is 23.5 Å². The Morgan fingerprint density at radius 3 is 2.56 bits per heavy atom. The highest BCUT2D eigenvalue weighted by atomic mass is 35.5. The monoisotopic (exact) mass is 518 g/mol. The molecule has 0 bridgehead atoms. The van der Waals surface area contributed by atoms with Crippen molar-refractivity contribution in [3.8, 4) is 22.8 Å². The lowest BCUT2D eigenvalue weighted by Gasteiger charge is -2.14. The SMILES string of the molecule is COc1cccc(-c2cc(C(F)(F)F)n3nc(C(=O)Nc4cc(C(C)C)c(O)cc4C)c(Cl)c3n2)c1. The molecule has 0 spiro atoms. The van der Waals surface area contributed by atoms with Gasteiger partial charge in [-0.2, -0.15) is 18.3 Å². The highest BCUT2D eigenvalue weighted by molar-refractivity contribution is 6.37. The van der Waals surface area contributed by atoms with Crippen LogP contribution in [0.25, 0.3) is 16.9 Å². The number of anilines is 1. The van der Waals surface area contributed by atoms with E-state index in [4.69, 9.17) is 16.3 Å². The molecule has 0 aliphatic heterocycles. The summed E-state index contributed by atoms with van der Waals surface area (Å²) in [6, 6.07) is 10.3. The molecule has 0 saturated carbocycles. The number of fused-ring (bicyclic) bond motifs is 1. The van der Waals surface area contributed by atoms with Crippen molar-refractivity contribution < 1.29 is 27.8 Å². The van der Waals surface area contributed by atoms with Crippen LogP contribution in [0.15, 0.2) is 42.5 Å². The van der Waals surface area contributed by atoms with E-state index in [1.54, 1.807) is 31.2 Å². The normalized spacial score (nSPS) is 11.8. The van der Waals surface area contributed by atoms with Crippen LogP contribution in [-0.4, -0.2) is 32.7 Å². The van der Waals surface area contributed by atoms with E-state index in [2.05, 4.69) is 15.4 Å². The molecule has 4 aromatic rings. The minimum Gasteiger partial charge on any atom is -0.508 e. The van der Waals surface area contributed by atoms with Crippen molar-refractivity contribution in [1.29, 1.82) is 0 Å². The number of hydrogen-bond acceptors (Lipinski definition) is 5. The number of aromatic hydroxyl groups is 1. The van der Waals surface area contributed by atoms with E-state index in [0.29, 0.717) is 32.6 Å². The summed E-state index contributed by atoms with van der Waals surface area (Å²) in [7, 11) is 1.44. The Hall–Kier alpha value is -3.79. The summed E-state index contributed by atoms with van der Waals surface area (Å²) in [6.45, 7) is 5.42. The predicted octanol–water partition coefficient (Wildman–Crippen LogP) is 6.47. The highest BCUT2D eigenvalue weighted by Gasteiger charge is 2.37. The number of carbonyl (C=O) groups excluding carboxylic acids is 1. The third-order valence-corrected chi connectivity index (χ3v) is 6.00. The quantitative estimate of drug-likeness (QED) is 0.296. The molecule has 2 aromatic heterocycles. The maximum absolute atomic E-state index is 14.0. The van der Waals surface area contributed by atoms with E-state index in [1.165, 1.54) is 19.2 Å². The number of amides is 1. The zero-order chi connectivity index (χ0) is 26.4. The van der Waals surface area contributed by atoms with Crippen molar-refractivity contribution in [2.75, 3.05) is 12.4 Å². The molecular formula is C25H22ClF3N4O3. The van der Waals surface area contributed by atoms with Gasteiger partial charge in [0.2, 0.25) is 0 Å². The summed E-state index contributed by atoms with van der Waals surface area (Å²) < 4.78 is 47.6. The molecule has 7 nitrogen and oxygen atoms in total. The molecule has 2 aromatic carbocycles. The maximum atomic E-state index is 14.0. The van der Waals surface area contributed by atoms with Crippen LogP contribution >= 0.6 is 11.6 Å². The average Bonchev–Trinajstić information content (AvgIpc) is 3.15. The molecule has 36 heavy (non-hydrogen) atoms. The molecule has 0 saturated heterocycles. The Kier molecular flexibility index (Phi) is 6.57. The van der Waals surface area contributed by atoms with Gasteiger partial charge in [-0.15, -0.1) is 0 Å². The molecule has 4 rings (SSSR count). The zero-order valence-electron chi connectivity index (χ0n) is 19.7. The predicted molar refractivity (Wildman–Crippen MR) is 130 cm³/mol. The lowest BCUT2D eigenvalue weighted by molar-refractivity contribution is -0.142.